The maximum absolute atomic E-state index is 12.3. The molecular weight excluding hydrogens is 368 g/mol. The minimum absolute atomic E-state index is 0.131. The van der Waals surface area contributed by atoms with E-state index in [2.05, 4.69) is 10.1 Å². The van der Waals surface area contributed by atoms with Gasteiger partial charge in [-0.05, 0) is 51.2 Å². The molecule has 0 saturated heterocycles. The number of hydrogen-bond acceptors (Lipinski definition) is 5. The number of carbonyl (C=O) groups excluding carboxylic acids is 1. The standard InChI is InChI=1S/C22H32N4O3/c1-5-16(2)25(3)22(27)28-15-21-19(14-24-26(21)4)20-12-11-18(13-23-20)29-17-9-7-6-8-10-17/h11-14,16-17H,5-10,15H2,1-4H3. The molecule has 0 aromatic carbocycles. The molecule has 2 heterocycles. The predicted octanol–water partition coefficient (Wildman–Crippen LogP) is 4.56. The van der Waals surface area contributed by atoms with E-state index in [-0.39, 0.29) is 18.7 Å². The third kappa shape index (κ3) is 5.28. The molecule has 158 valence electrons. The van der Waals surface area contributed by atoms with Crippen molar-refractivity contribution in [2.24, 2.45) is 7.05 Å². The third-order valence-corrected chi connectivity index (χ3v) is 5.80. The van der Waals surface area contributed by atoms with Gasteiger partial charge >= 0.3 is 6.09 Å². The molecule has 1 atom stereocenters. The Balaban J connectivity index is 1.66. The minimum atomic E-state index is -0.337. The van der Waals surface area contributed by atoms with Gasteiger partial charge in [0, 0.05) is 25.7 Å². The molecule has 1 saturated carbocycles. The van der Waals surface area contributed by atoms with Crippen molar-refractivity contribution in [1.82, 2.24) is 19.7 Å². The minimum Gasteiger partial charge on any atom is -0.489 e. The highest BCUT2D eigenvalue weighted by atomic mass is 16.6. The van der Waals surface area contributed by atoms with Crippen molar-refractivity contribution >= 4 is 6.09 Å². The van der Waals surface area contributed by atoms with E-state index < -0.39 is 0 Å². The van der Waals surface area contributed by atoms with E-state index in [4.69, 9.17) is 9.47 Å². The molecule has 0 N–H and O–H groups in total. The Morgan fingerprint density at radius 3 is 2.69 bits per heavy atom. The average Bonchev–Trinajstić information content (AvgIpc) is 3.12. The summed E-state index contributed by atoms with van der Waals surface area (Å²) in [6, 6.07) is 4.02. The summed E-state index contributed by atoms with van der Waals surface area (Å²) in [5.41, 5.74) is 2.45. The Bertz CT molecular complexity index is 797. The summed E-state index contributed by atoms with van der Waals surface area (Å²) < 4.78 is 13.3. The summed E-state index contributed by atoms with van der Waals surface area (Å²) in [5, 5.41) is 4.32. The number of aromatic nitrogens is 3. The molecule has 3 rings (SSSR count). The first kappa shape index (κ1) is 21.1. The van der Waals surface area contributed by atoms with Gasteiger partial charge in [0.1, 0.15) is 12.4 Å². The molecule has 7 heteroatoms. The summed E-state index contributed by atoms with van der Waals surface area (Å²) in [5.74, 6) is 0.799. The van der Waals surface area contributed by atoms with E-state index in [1.807, 2.05) is 33.0 Å². The molecule has 0 radical (unpaired) electrons. The summed E-state index contributed by atoms with van der Waals surface area (Å²) >= 11 is 0. The summed E-state index contributed by atoms with van der Waals surface area (Å²) in [6.07, 6.45) is 10.4. The van der Waals surface area contributed by atoms with Gasteiger partial charge in [0.15, 0.2) is 0 Å². The Morgan fingerprint density at radius 1 is 1.28 bits per heavy atom. The molecule has 1 unspecified atom stereocenters. The van der Waals surface area contributed by atoms with Gasteiger partial charge in [0.2, 0.25) is 0 Å². The first-order valence-corrected chi connectivity index (χ1v) is 10.5. The van der Waals surface area contributed by atoms with Crippen LogP contribution in [0.1, 0.15) is 58.1 Å². The van der Waals surface area contributed by atoms with Crippen LogP contribution in [0.25, 0.3) is 11.3 Å². The van der Waals surface area contributed by atoms with Crippen LogP contribution < -0.4 is 4.74 Å². The number of aryl methyl sites for hydroxylation is 1. The van der Waals surface area contributed by atoms with Crippen molar-refractivity contribution < 1.29 is 14.3 Å². The van der Waals surface area contributed by atoms with Crippen molar-refractivity contribution in [2.75, 3.05) is 7.05 Å². The van der Waals surface area contributed by atoms with E-state index in [0.717, 1.165) is 42.0 Å². The van der Waals surface area contributed by atoms with Gasteiger partial charge in [-0.15, -0.1) is 0 Å². The molecule has 0 aliphatic heterocycles. The highest BCUT2D eigenvalue weighted by Crippen LogP contribution is 2.26. The first-order chi connectivity index (χ1) is 14.0. The quantitative estimate of drug-likeness (QED) is 0.681. The molecule has 0 bridgehead atoms. The molecule has 1 fully saturated rings. The number of rotatable bonds is 7. The van der Waals surface area contributed by atoms with Crippen molar-refractivity contribution in [2.45, 2.75) is 71.1 Å². The fourth-order valence-electron chi connectivity index (χ4n) is 3.52. The van der Waals surface area contributed by atoms with Crippen LogP contribution in [0.4, 0.5) is 4.79 Å². The Kier molecular flexibility index (Phi) is 7.12. The Labute approximate surface area is 173 Å². The fraction of sp³-hybridized carbons (Fsp3) is 0.591. The molecule has 29 heavy (non-hydrogen) atoms. The Morgan fingerprint density at radius 2 is 2.03 bits per heavy atom. The normalized spacial score (nSPS) is 15.7. The number of ether oxygens (including phenoxy) is 2. The van der Waals surface area contributed by atoms with Crippen molar-refractivity contribution in [3.63, 3.8) is 0 Å². The topological polar surface area (TPSA) is 69.5 Å². The van der Waals surface area contributed by atoms with Crippen molar-refractivity contribution in [3.05, 3.63) is 30.2 Å². The van der Waals surface area contributed by atoms with Crippen LogP contribution in [-0.2, 0) is 18.4 Å². The zero-order valence-corrected chi connectivity index (χ0v) is 17.9. The maximum Gasteiger partial charge on any atom is 0.410 e. The van der Waals surface area contributed by atoms with Crippen LogP contribution >= 0.6 is 0 Å². The number of nitrogens with zero attached hydrogens (tertiary/aromatic N) is 4. The van der Waals surface area contributed by atoms with Crippen molar-refractivity contribution in [3.8, 4) is 17.0 Å². The van der Waals surface area contributed by atoms with Gasteiger partial charge in [-0.2, -0.15) is 5.10 Å². The maximum atomic E-state index is 12.3. The Hall–Kier alpha value is -2.57. The van der Waals surface area contributed by atoms with Crippen LogP contribution in [0.3, 0.4) is 0 Å². The van der Waals surface area contributed by atoms with Gasteiger partial charge in [-0.25, -0.2) is 4.79 Å². The highest BCUT2D eigenvalue weighted by molar-refractivity contribution is 5.68. The van der Waals surface area contributed by atoms with Crippen LogP contribution in [0.2, 0.25) is 0 Å². The summed E-state index contributed by atoms with van der Waals surface area (Å²) in [6.45, 7) is 4.19. The van der Waals surface area contributed by atoms with E-state index in [1.54, 1.807) is 29.0 Å². The molecule has 1 amide bonds. The number of amides is 1. The fourth-order valence-corrected chi connectivity index (χ4v) is 3.52. The van der Waals surface area contributed by atoms with Crippen LogP contribution in [0.5, 0.6) is 5.75 Å². The molecule has 2 aromatic heterocycles. The lowest BCUT2D eigenvalue weighted by atomic mass is 9.98. The zero-order chi connectivity index (χ0) is 20.8. The van der Waals surface area contributed by atoms with E-state index >= 15 is 0 Å². The number of pyridine rings is 1. The monoisotopic (exact) mass is 400 g/mol. The summed E-state index contributed by atoms with van der Waals surface area (Å²) in [7, 11) is 3.60. The molecule has 0 spiro atoms. The second kappa shape index (κ2) is 9.76. The lowest BCUT2D eigenvalue weighted by Gasteiger charge is -2.23. The van der Waals surface area contributed by atoms with Crippen LogP contribution in [0, 0.1) is 0 Å². The van der Waals surface area contributed by atoms with E-state index in [9.17, 15) is 4.79 Å². The second-order valence-corrected chi connectivity index (χ2v) is 7.81. The van der Waals surface area contributed by atoms with Crippen molar-refractivity contribution in [1.29, 1.82) is 0 Å². The molecule has 1 aliphatic carbocycles. The molecule has 2 aromatic rings. The van der Waals surface area contributed by atoms with Gasteiger partial charge in [0.05, 0.1) is 29.9 Å². The SMILES string of the molecule is CCC(C)N(C)C(=O)OCc1c(-c2ccc(OC3CCCCC3)cn2)cnn1C. The predicted molar refractivity (Wildman–Crippen MR) is 112 cm³/mol. The van der Waals surface area contributed by atoms with E-state index in [1.165, 1.54) is 19.3 Å². The smallest absolute Gasteiger partial charge is 0.410 e. The summed E-state index contributed by atoms with van der Waals surface area (Å²) in [4.78, 5) is 18.5. The molecule has 1 aliphatic rings. The molecule has 7 nitrogen and oxygen atoms in total. The molecular formula is C22H32N4O3. The number of hydrogen-bond donors (Lipinski definition) is 0. The highest BCUT2D eigenvalue weighted by Gasteiger charge is 2.19. The second-order valence-electron chi connectivity index (χ2n) is 7.81. The average molecular weight is 401 g/mol. The van der Waals surface area contributed by atoms with Gasteiger partial charge in [-0.3, -0.25) is 9.67 Å². The van der Waals surface area contributed by atoms with E-state index in [0.29, 0.717) is 6.10 Å². The van der Waals surface area contributed by atoms with Gasteiger partial charge in [0.25, 0.3) is 0 Å². The number of carbonyl (C=O) groups is 1. The lowest BCUT2D eigenvalue weighted by molar-refractivity contribution is 0.0910. The zero-order valence-electron chi connectivity index (χ0n) is 17.9. The largest absolute Gasteiger partial charge is 0.489 e. The first-order valence-electron chi connectivity index (χ1n) is 10.5. The lowest BCUT2D eigenvalue weighted by Crippen LogP contribution is -2.35. The van der Waals surface area contributed by atoms with Crippen LogP contribution in [-0.4, -0.2) is 45.0 Å². The van der Waals surface area contributed by atoms with Gasteiger partial charge in [-0.1, -0.05) is 13.3 Å². The third-order valence-electron chi connectivity index (χ3n) is 5.80. The van der Waals surface area contributed by atoms with Crippen LogP contribution in [0.15, 0.2) is 24.5 Å². The van der Waals surface area contributed by atoms with Gasteiger partial charge < -0.3 is 14.4 Å².